The van der Waals surface area contributed by atoms with Crippen LogP contribution >= 0.6 is 0 Å². The van der Waals surface area contributed by atoms with E-state index in [4.69, 9.17) is 0 Å². The molecule has 0 spiro atoms. The Labute approximate surface area is 105 Å². The summed E-state index contributed by atoms with van der Waals surface area (Å²) in [4.78, 5) is 4.21. The number of aryl methyl sites for hydroxylation is 1. The van der Waals surface area contributed by atoms with E-state index in [0.717, 1.165) is 23.0 Å². The lowest BCUT2D eigenvalue weighted by molar-refractivity contribution is 0.515. The maximum Gasteiger partial charge on any atom is 0.185 e. The summed E-state index contributed by atoms with van der Waals surface area (Å²) in [7, 11) is 1.78. The molecule has 18 heavy (non-hydrogen) atoms. The molecule has 2 rings (SSSR count). The predicted molar refractivity (Wildman–Crippen MR) is 70.0 cm³/mol. The average molecular weight is 250 g/mol. The maximum absolute atomic E-state index is 13.8. The third-order valence-electron chi connectivity index (χ3n) is 3.10. The lowest BCUT2D eigenvalue weighted by atomic mass is 9.96. The van der Waals surface area contributed by atoms with Gasteiger partial charge in [-0.05, 0) is 30.5 Å². The number of rotatable bonds is 2. The van der Waals surface area contributed by atoms with Crippen molar-refractivity contribution >= 4 is 16.6 Å². The molecule has 0 atom stereocenters. The van der Waals surface area contributed by atoms with Crippen molar-refractivity contribution in [3.05, 3.63) is 35.0 Å². The van der Waals surface area contributed by atoms with Gasteiger partial charge < -0.3 is 5.32 Å². The molecule has 0 radical (unpaired) electrons. The quantitative estimate of drug-likeness (QED) is 0.871. The summed E-state index contributed by atoms with van der Waals surface area (Å²) in [6.45, 7) is 5.92. The van der Waals surface area contributed by atoms with Crippen LogP contribution in [-0.2, 0) is 0 Å². The van der Waals surface area contributed by atoms with Crippen LogP contribution in [0.5, 0.6) is 0 Å². The topological polar surface area (TPSA) is 24.9 Å². The number of aromatic nitrogens is 1. The first-order valence-electron chi connectivity index (χ1n) is 5.93. The minimum absolute atomic E-state index is 0.0845. The van der Waals surface area contributed by atoms with Gasteiger partial charge in [0.05, 0.1) is 0 Å². The van der Waals surface area contributed by atoms with Gasteiger partial charge in [-0.2, -0.15) is 0 Å². The van der Waals surface area contributed by atoms with Gasteiger partial charge in [-0.25, -0.2) is 13.8 Å². The number of hydrogen-bond donors (Lipinski definition) is 1. The molecule has 1 aromatic heterocycles. The van der Waals surface area contributed by atoms with Crippen molar-refractivity contribution in [2.24, 2.45) is 0 Å². The van der Waals surface area contributed by atoms with Crippen molar-refractivity contribution in [2.45, 2.75) is 26.7 Å². The number of fused-ring (bicyclic) bond motifs is 1. The highest BCUT2D eigenvalue weighted by atomic mass is 19.2. The van der Waals surface area contributed by atoms with Crippen LogP contribution in [-0.4, -0.2) is 12.0 Å². The molecule has 0 aliphatic carbocycles. The maximum atomic E-state index is 13.8. The first kappa shape index (κ1) is 12.7. The highest BCUT2D eigenvalue weighted by molar-refractivity contribution is 5.94. The van der Waals surface area contributed by atoms with Crippen LogP contribution in [0.15, 0.2) is 12.1 Å². The van der Waals surface area contributed by atoms with Gasteiger partial charge >= 0.3 is 0 Å². The minimum Gasteiger partial charge on any atom is -0.387 e. The van der Waals surface area contributed by atoms with Gasteiger partial charge in [-0.15, -0.1) is 0 Å². The van der Waals surface area contributed by atoms with Gasteiger partial charge in [-0.1, -0.05) is 13.8 Å². The molecule has 0 bridgehead atoms. The minimum atomic E-state index is -0.887. The third-order valence-corrected chi connectivity index (χ3v) is 3.10. The fourth-order valence-corrected chi connectivity index (χ4v) is 2.38. The average Bonchev–Trinajstić information content (AvgIpc) is 2.32. The lowest BCUT2D eigenvalue weighted by Gasteiger charge is -2.18. The second-order valence-electron chi connectivity index (χ2n) is 4.65. The Kier molecular flexibility index (Phi) is 3.20. The van der Waals surface area contributed by atoms with E-state index in [9.17, 15) is 8.78 Å². The number of nitrogens with one attached hydrogen (secondary N) is 1. The first-order chi connectivity index (χ1) is 8.47. The monoisotopic (exact) mass is 250 g/mol. The van der Waals surface area contributed by atoms with E-state index < -0.39 is 11.6 Å². The van der Waals surface area contributed by atoms with Crippen molar-refractivity contribution in [3.8, 4) is 0 Å². The largest absolute Gasteiger partial charge is 0.387 e. The number of anilines is 1. The van der Waals surface area contributed by atoms with Crippen molar-refractivity contribution in [2.75, 3.05) is 12.4 Å². The molecule has 0 fully saturated rings. The van der Waals surface area contributed by atoms with E-state index in [1.54, 1.807) is 13.1 Å². The summed E-state index contributed by atoms with van der Waals surface area (Å²) in [5, 5.41) is 3.69. The van der Waals surface area contributed by atoms with Crippen LogP contribution in [0.2, 0.25) is 0 Å². The van der Waals surface area contributed by atoms with Crippen LogP contribution in [0.3, 0.4) is 0 Å². The van der Waals surface area contributed by atoms with Crippen molar-refractivity contribution in [1.82, 2.24) is 4.98 Å². The molecule has 1 heterocycles. The summed E-state index contributed by atoms with van der Waals surface area (Å²) in [6, 6.07) is 2.71. The SMILES string of the molecule is CNc1c(C(C)C)c(C)nc2c(F)c(F)ccc12. The fraction of sp³-hybridized carbons (Fsp3) is 0.357. The molecule has 0 amide bonds. The fourth-order valence-electron chi connectivity index (χ4n) is 2.38. The summed E-state index contributed by atoms with van der Waals surface area (Å²) >= 11 is 0. The standard InChI is InChI=1S/C14H16F2N2/c1-7(2)11-8(3)18-14-9(13(11)17-4)5-6-10(15)12(14)16/h5-7H,1-4H3,(H,17,18). The molecule has 0 aliphatic rings. The molecule has 0 saturated carbocycles. The van der Waals surface area contributed by atoms with E-state index in [2.05, 4.69) is 24.1 Å². The van der Waals surface area contributed by atoms with E-state index >= 15 is 0 Å². The van der Waals surface area contributed by atoms with Crippen molar-refractivity contribution < 1.29 is 8.78 Å². The number of hydrogen-bond acceptors (Lipinski definition) is 2. The first-order valence-corrected chi connectivity index (χ1v) is 5.93. The smallest absolute Gasteiger partial charge is 0.185 e. The Bertz CT molecular complexity index is 607. The van der Waals surface area contributed by atoms with Gasteiger partial charge in [-0.3, -0.25) is 0 Å². The molecule has 1 aromatic carbocycles. The van der Waals surface area contributed by atoms with E-state index in [1.807, 2.05) is 6.92 Å². The number of pyridine rings is 1. The van der Waals surface area contributed by atoms with Gasteiger partial charge in [0, 0.05) is 23.8 Å². The Morgan fingerprint density at radius 1 is 1.22 bits per heavy atom. The Morgan fingerprint density at radius 2 is 1.89 bits per heavy atom. The molecule has 0 aliphatic heterocycles. The molecular weight excluding hydrogens is 234 g/mol. The van der Waals surface area contributed by atoms with Crippen LogP contribution in [0.1, 0.15) is 31.0 Å². The zero-order chi connectivity index (χ0) is 13.4. The van der Waals surface area contributed by atoms with Gasteiger partial charge in [0.1, 0.15) is 5.52 Å². The Balaban J connectivity index is 2.93. The molecule has 2 nitrogen and oxygen atoms in total. The second-order valence-corrected chi connectivity index (χ2v) is 4.65. The van der Waals surface area contributed by atoms with Crippen molar-refractivity contribution in [1.29, 1.82) is 0 Å². The zero-order valence-corrected chi connectivity index (χ0v) is 10.9. The molecular formula is C14H16F2N2. The highest BCUT2D eigenvalue weighted by Gasteiger charge is 2.18. The third kappa shape index (κ3) is 1.82. The van der Waals surface area contributed by atoms with Crippen LogP contribution in [0.4, 0.5) is 14.5 Å². The van der Waals surface area contributed by atoms with E-state index in [0.29, 0.717) is 5.39 Å². The number of nitrogens with zero attached hydrogens (tertiary/aromatic N) is 1. The normalized spacial score (nSPS) is 11.3. The summed E-state index contributed by atoms with van der Waals surface area (Å²) in [5.41, 5.74) is 2.68. The summed E-state index contributed by atoms with van der Waals surface area (Å²) < 4.78 is 27.0. The van der Waals surface area contributed by atoms with E-state index in [1.165, 1.54) is 0 Å². The van der Waals surface area contributed by atoms with Gasteiger partial charge in [0.15, 0.2) is 11.6 Å². The molecule has 4 heteroatoms. The van der Waals surface area contributed by atoms with Crippen LogP contribution in [0.25, 0.3) is 10.9 Å². The van der Waals surface area contributed by atoms with Crippen LogP contribution in [0, 0.1) is 18.6 Å². The Morgan fingerprint density at radius 3 is 2.44 bits per heavy atom. The lowest BCUT2D eigenvalue weighted by Crippen LogP contribution is -2.05. The van der Waals surface area contributed by atoms with Gasteiger partial charge in [0.25, 0.3) is 0 Å². The molecule has 2 aromatic rings. The molecule has 1 N–H and O–H groups in total. The highest BCUT2D eigenvalue weighted by Crippen LogP contribution is 2.34. The molecule has 96 valence electrons. The Hall–Kier alpha value is -1.71. The van der Waals surface area contributed by atoms with Crippen molar-refractivity contribution in [3.63, 3.8) is 0 Å². The second kappa shape index (κ2) is 4.52. The summed E-state index contributed by atoms with van der Waals surface area (Å²) in [6.07, 6.45) is 0. The number of halogens is 2. The van der Waals surface area contributed by atoms with E-state index in [-0.39, 0.29) is 11.4 Å². The van der Waals surface area contributed by atoms with Crippen LogP contribution < -0.4 is 5.32 Å². The van der Waals surface area contributed by atoms with Gasteiger partial charge in [0.2, 0.25) is 0 Å². The predicted octanol–water partition coefficient (Wildman–Crippen LogP) is 3.99. The summed E-state index contributed by atoms with van der Waals surface area (Å²) in [5.74, 6) is -1.49. The molecule has 0 unspecified atom stereocenters. The zero-order valence-electron chi connectivity index (χ0n) is 10.9. The molecule has 0 saturated heterocycles. The number of benzene rings is 1.